The van der Waals surface area contributed by atoms with Crippen LogP contribution < -0.4 is 10.2 Å². The van der Waals surface area contributed by atoms with Crippen molar-refractivity contribution in [1.82, 2.24) is 9.55 Å². The van der Waals surface area contributed by atoms with Crippen molar-refractivity contribution in [3.63, 3.8) is 0 Å². The Morgan fingerprint density at radius 2 is 1.97 bits per heavy atom. The molecule has 10 heteroatoms. The topological polar surface area (TPSA) is 122 Å². The van der Waals surface area contributed by atoms with Gasteiger partial charge in [0.1, 0.15) is 17.0 Å². The van der Waals surface area contributed by atoms with E-state index in [1.165, 1.54) is 29.0 Å². The van der Waals surface area contributed by atoms with Crippen LogP contribution in [0, 0.1) is 11.2 Å². The van der Waals surface area contributed by atoms with Gasteiger partial charge in [-0.1, -0.05) is 44.5 Å². The normalized spacial score (nSPS) is 12.7. The molecule has 35 heavy (non-hydrogen) atoms. The molecule has 3 N–H and O–H groups in total. The number of rotatable bonds is 9. The molecule has 0 fully saturated rings. The zero-order chi connectivity index (χ0) is 25.9. The van der Waals surface area contributed by atoms with Gasteiger partial charge in [-0.15, -0.1) is 0 Å². The van der Waals surface area contributed by atoms with Crippen LogP contribution in [0.5, 0.6) is 5.88 Å². The SMILES string of the molecule is CC(C)(C)[C@@H](CO)n1cc(C(=O)O)c(=O)c2cc(Cc3cccc(Cl)c3F)c(OCCCO)nc21. The standard InChI is InChI=1S/C25H28ClFN2O6/c1-25(2,3)19(13-31)29-12-17(24(33)34)21(32)16-11-15(10-14-6-4-7-18(26)20(14)27)23(28-22(16)29)35-9-5-8-30/h4,6-7,11-12,19,30-31H,5,8-10,13H2,1-3H3,(H,33,34)/t19-/m1/s1. The summed E-state index contributed by atoms with van der Waals surface area (Å²) in [6.07, 6.45) is 1.47. The summed E-state index contributed by atoms with van der Waals surface area (Å²) in [7, 11) is 0. The van der Waals surface area contributed by atoms with Crippen LogP contribution in [0.25, 0.3) is 11.0 Å². The van der Waals surface area contributed by atoms with E-state index in [9.17, 15) is 24.2 Å². The predicted octanol–water partition coefficient (Wildman–Crippen LogP) is 3.82. The highest BCUT2D eigenvalue weighted by molar-refractivity contribution is 6.30. The van der Waals surface area contributed by atoms with E-state index in [0.717, 1.165) is 0 Å². The first-order valence-corrected chi connectivity index (χ1v) is 11.5. The summed E-state index contributed by atoms with van der Waals surface area (Å²) in [5, 5.41) is 28.9. The van der Waals surface area contributed by atoms with Crippen molar-refractivity contribution in [2.45, 2.75) is 39.7 Å². The fourth-order valence-corrected chi connectivity index (χ4v) is 4.03. The van der Waals surface area contributed by atoms with Gasteiger partial charge in [-0.2, -0.15) is 4.98 Å². The Morgan fingerprint density at radius 1 is 1.26 bits per heavy atom. The number of carbonyl (C=O) groups is 1. The number of ether oxygens (including phenoxy) is 1. The van der Waals surface area contributed by atoms with Gasteiger partial charge in [-0.3, -0.25) is 4.79 Å². The second-order valence-electron chi connectivity index (χ2n) is 9.29. The Kier molecular flexibility index (Phi) is 8.15. The Bertz CT molecular complexity index is 1300. The van der Waals surface area contributed by atoms with Crippen molar-refractivity contribution in [2.75, 3.05) is 19.8 Å². The van der Waals surface area contributed by atoms with Crippen LogP contribution in [-0.4, -0.2) is 50.7 Å². The maximum atomic E-state index is 14.6. The van der Waals surface area contributed by atoms with E-state index in [4.69, 9.17) is 21.4 Å². The molecule has 1 aromatic carbocycles. The predicted molar refractivity (Wildman–Crippen MR) is 130 cm³/mol. The molecule has 0 aliphatic rings. The second kappa shape index (κ2) is 10.7. The van der Waals surface area contributed by atoms with E-state index in [-0.39, 0.29) is 53.7 Å². The Labute approximate surface area is 206 Å². The van der Waals surface area contributed by atoms with Gasteiger partial charge in [0.05, 0.1) is 29.7 Å². The van der Waals surface area contributed by atoms with Crippen LogP contribution in [-0.2, 0) is 6.42 Å². The number of hydrogen-bond donors (Lipinski definition) is 3. The number of carboxylic acids is 1. The summed E-state index contributed by atoms with van der Waals surface area (Å²) in [5.74, 6) is -1.94. The molecule has 1 atom stereocenters. The van der Waals surface area contributed by atoms with Crippen molar-refractivity contribution >= 4 is 28.6 Å². The lowest BCUT2D eigenvalue weighted by Gasteiger charge is -2.32. The number of hydrogen-bond acceptors (Lipinski definition) is 6. The van der Waals surface area contributed by atoms with Gasteiger partial charge in [-0.25, -0.2) is 9.18 Å². The molecule has 0 saturated heterocycles. The van der Waals surface area contributed by atoms with Crippen LogP contribution in [0.15, 0.2) is 35.3 Å². The molecule has 0 bridgehead atoms. The number of aromatic carboxylic acids is 1. The average molecular weight is 507 g/mol. The monoisotopic (exact) mass is 506 g/mol. The summed E-state index contributed by atoms with van der Waals surface area (Å²) < 4.78 is 21.9. The maximum absolute atomic E-state index is 14.6. The van der Waals surface area contributed by atoms with Crippen molar-refractivity contribution in [3.8, 4) is 5.88 Å². The molecule has 0 unspecified atom stereocenters. The molecule has 2 aromatic heterocycles. The minimum absolute atomic E-state index is 0.000422. The Hall–Kier alpha value is -3.01. The van der Waals surface area contributed by atoms with Crippen LogP contribution in [0.4, 0.5) is 4.39 Å². The molecule has 0 spiro atoms. The van der Waals surface area contributed by atoms with E-state index in [1.54, 1.807) is 6.07 Å². The lowest BCUT2D eigenvalue weighted by Crippen LogP contribution is -2.31. The van der Waals surface area contributed by atoms with Gasteiger partial charge in [0, 0.05) is 31.2 Å². The van der Waals surface area contributed by atoms with Crippen molar-refractivity contribution in [3.05, 3.63) is 68.2 Å². The second-order valence-corrected chi connectivity index (χ2v) is 9.70. The first-order valence-electron chi connectivity index (χ1n) is 11.1. The van der Waals surface area contributed by atoms with E-state index in [0.29, 0.717) is 12.0 Å². The lowest BCUT2D eigenvalue weighted by molar-refractivity contribution is 0.0692. The third-order valence-electron chi connectivity index (χ3n) is 5.74. The fraction of sp³-hybridized carbons (Fsp3) is 0.400. The van der Waals surface area contributed by atoms with Gasteiger partial charge < -0.3 is 24.6 Å². The molecule has 188 valence electrons. The molecule has 8 nitrogen and oxygen atoms in total. The number of aliphatic hydroxyl groups is 2. The smallest absolute Gasteiger partial charge is 0.341 e. The number of halogens is 2. The molecule has 0 radical (unpaired) electrons. The molecular weight excluding hydrogens is 479 g/mol. The minimum atomic E-state index is -1.41. The summed E-state index contributed by atoms with van der Waals surface area (Å²) in [6.45, 7) is 5.27. The van der Waals surface area contributed by atoms with E-state index in [1.807, 2.05) is 20.8 Å². The number of aromatic nitrogens is 2. The first-order chi connectivity index (χ1) is 16.5. The first kappa shape index (κ1) is 26.6. The fourth-order valence-electron chi connectivity index (χ4n) is 3.84. The summed E-state index contributed by atoms with van der Waals surface area (Å²) in [5.41, 5.74) is -1.03. The zero-order valence-electron chi connectivity index (χ0n) is 19.7. The lowest BCUT2D eigenvalue weighted by atomic mass is 9.86. The Balaban J connectivity index is 2.33. The van der Waals surface area contributed by atoms with Gasteiger partial charge in [0.25, 0.3) is 0 Å². The number of pyridine rings is 2. The maximum Gasteiger partial charge on any atom is 0.341 e. The zero-order valence-corrected chi connectivity index (χ0v) is 20.5. The summed E-state index contributed by atoms with van der Waals surface area (Å²) in [6, 6.07) is 5.37. The van der Waals surface area contributed by atoms with Gasteiger partial charge >= 0.3 is 5.97 Å². The highest BCUT2D eigenvalue weighted by atomic mass is 35.5. The number of fused-ring (bicyclic) bond motifs is 1. The molecule has 0 amide bonds. The minimum Gasteiger partial charge on any atom is -0.477 e. The van der Waals surface area contributed by atoms with E-state index in [2.05, 4.69) is 4.98 Å². The summed E-state index contributed by atoms with van der Waals surface area (Å²) in [4.78, 5) is 29.5. The quantitative estimate of drug-likeness (QED) is 0.377. The van der Waals surface area contributed by atoms with Gasteiger partial charge in [-0.05, 0) is 23.1 Å². The van der Waals surface area contributed by atoms with Crippen LogP contribution in [0.3, 0.4) is 0 Å². The molecule has 2 heterocycles. The molecule has 0 saturated carbocycles. The van der Waals surface area contributed by atoms with Crippen molar-refractivity contribution in [1.29, 1.82) is 0 Å². The molecule has 3 aromatic rings. The third kappa shape index (κ3) is 5.63. The number of carboxylic acid groups (broad SMARTS) is 1. The third-order valence-corrected chi connectivity index (χ3v) is 6.03. The highest BCUT2D eigenvalue weighted by Crippen LogP contribution is 2.34. The van der Waals surface area contributed by atoms with Crippen LogP contribution in [0.2, 0.25) is 5.02 Å². The van der Waals surface area contributed by atoms with Gasteiger partial charge in [0.15, 0.2) is 0 Å². The molecule has 0 aliphatic heterocycles. The van der Waals surface area contributed by atoms with E-state index >= 15 is 0 Å². The van der Waals surface area contributed by atoms with Crippen molar-refractivity contribution < 1.29 is 29.2 Å². The average Bonchev–Trinajstić information content (AvgIpc) is 2.78. The van der Waals surface area contributed by atoms with Crippen LogP contribution >= 0.6 is 11.6 Å². The van der Waals surface area contributed by atoms with Gasteiger partial charge in [0.2, 0.25) is 11.3 Å². The molecular formula is C25H28ClFN2O6. The highest BCUT2D eigenvalue weighted by Gasteiger charge is 2.29. The Morgan fingerprint density at radius 3 is 2.57 bits per heavy atom. The molecule has 0 aliphatic carbocycles. The number of aliphatic hydroxyl groups excluding tert-OH is 2. The molecule has 3 rings (SSSR count). The largest absolute Gasteiger partial charge is 0.477 e. The number of benzene rings is 1. The van der Waals surface area contributed by atoms with Crippen molar-refractivity contribution in [2.24, 2.45) is 5.41 Å². The van der Waals surface area contributed by atoms with E-state index < -0.39 is 34.2 Å². The van der Waals surface area contributed by atoms with Crippen LogP contribution in [0.1, 0.15) is 54.7 Å². The number of nitrogens with zero attached hydrogens (tertiary/aromatic N) is 2. The summed E-state index contributed by atoms with van der Waals surface area (Å²) >= 11 is 5.92.